The van der Waals surface area contributed by atoms with Gasteiger partial charge in [-0.15, -0.1) is 0 Å². The second-order valence-corrected chi connectivity index (χ2v) is 4.94. The highest BCUT2D eigenvalue weighted by atomic mass is 16.6. The van der Waals surface area contributed by atoms with E-state index in [2.05, 4.69) is 15.3 Å². The van der Waals surface area contributed by atoms with E-state index in [0.717, 1.165) is 25.7 Å². The SMILES string of the molecule is [N-]=[N+]=N[C@@H]1CCCC[C@H]1NC(=O)c1ccc([N+](=O)[O-])cc1. The number of azide groups is 1. The predicted molar refractivity (Wildman–Crippen MR) is 75.8 cm³/mol. The number of nitrogens with one attached hydrogen (secondary N) is 1. The molecule has 0 saturated heterocycles. The number of nitro groups is 1. The van der Waals surface area contributed by atoms with Crippen LogP contribution in [0.2, 0.25) is 0 Å². The fourth-order valence-corrected chi connectivity index (χ4v) is 2.47. The van der Waals surface area contributed by atoms with Crippen LogP contribution in [0, 0.1) is 10.1 Å². The summed E-state index contributed by atoms with van der Waals surface area (Å²) in [4.78, 5) is 25.0. The first-order valence-electron chi connectivity index (χ1n) is 6.71. The molecule has 1 aromatic rings. The molecule has 21 heavy (non-hydrogen) atoms. The molecule has 0 heterocycles. The number of non-ortho nitro benzene ring substituents is 1. The van der Waals surface area contributed by atoms with Gasteiger partial charge >= 0.3 is 0 Å². The lowest BCUT2D eigenvalue weighted by Crippen LogP contribution is -2.44. The zero-order chi connectivity index (χ0) is 15.2. The number of rotatable bonds is 4. The Bertz CT molecular complexity index is 580. The van der Waals surface area contributed by atoms with E-state index in [1.807, 2.05) is 0 Å². The Morgan fingerprint density at radius 3 is 2.62 bits per heavy atom. The average molecular weight is 289 g/mol. The van der Waals surface area contributed by atoms with Gasteiger partial charge < -0.3 is 5.32 Å². The first kappa shape index (κ1) is 14.8. The minimum Gasteiger partial charge on any atom is -0.349 e. The molecule has 1 amide bonds. The summed E-state index contributed by atoms with van der Waals surface area (Å²) in [6.07, 6.45) is 3.48. The predicted octanol–water partition coefficient (Wildman–Crippen LogP) is 2.95. The maximum Gasteiger partial charge on any atom is 0.269 e. The first-order chi connectivity index (χ1) is 10.1. The molecule has 8 nitrogen and oxygen atoms in total. The molecule has 0 radical (unpaired) electrons. The second kappa shape index (κ2) is 6.71. The van der Waals surface area contributed by atoms with E-state index in [0.29, 0.717) is 5.56 Å². The number of hydrogen-bond donors (Lipinski definition) is 1. The van der Waals surface area contributed by atoms with Gasteiger partial charge in [0.25, 0.3) is 11.6 Å². The molecule has 1 saturated carbocycles. The smallest absolute Gasteiger partial charge is 0.269 e. The van der Waals surface area contributed by atoms with E-state index in [1.54, 1.807) is 0 Å². The Labute approximate surface area is 120 Å². The van der Waals surface area contributed by atoms with Crippen molar-refractivity contribution in [1.82, 2.24) is 5.32 Å². The monoisotopic (exact) mass is 289 g/mol. The van der Waals surface area contributed by atoms with E-state index in [9.17, 15) is 14.9 Å². The molecule has 2 rings (SSSR count). The van der Waals surface area contributed by atoms with Crippen LogP contribution in [0.3, 0.4) is 0 Å². The zero-order valence-electron chi connectivity index (χ0n) is 11.3. The zero-order valence-corrected chi connectivity index (χ0v) is 11.3. The Kier molecular flexibility index (Phi) is 4.73. The summed E-state index contributed by atoms with van der Waals surface area (Å²) in [5.74, 6) is -0.310. The van der Waals surface area contributed by atoms with Gasteiger partial charge in [-0.1, -0.05) is 18.0 Å². The third-order valence-electron chi connectivity index (χ3n) is 3.59. The summed E-state index contributed by atoms with van der Waals surface area (Å²) in [7, 11) is 0. The van der Waals surface area contributed by atoms with Gasteiger partial charge in [0.15, 0.2) is 0 Å². The summed E-state index contributed by atoms with van der Waals surface area (Å²) in [6.45, 7) is 0. The van der Waals surface area contributed by atoms with Crippen molar-refractivity contribution in [2.45, 2.75) is 37.8 Å². The van der Waals surface area contributed by atoms with E-state index in [-0.39, 0.29) is 23.7 Å². The molecule has 2 atom stereocenters. The number of amides is 1. The van der Waals surface area contributed by atoms with E-state index < -0.39 is 4.92 Å². The maximum atomic E-state index is 12.1. The molecule has 0 unspecified atom stereocenters. The van der Waals surface area contributed by atoms with Crippen LogP contribution < -0.4 is 5.32 Å². The molecule has 0 aliphatic heterocycles. The molecule has 1 aliphatic carbocycles. The third kappa shape index (κ3) is 3.70. The molecule has 0 bridgehead atoms. The van der Waals surface area contributed by atoms with Crippen LogP contribution in [0.25, 0.3) is 10.4 Å². The van der Waals surface area contributed by atoms with E-state index >= 15 is 0 Å². The summed E-state index contributed by atoms with van der Waals surface area (Å²) in [6, 6.07) is 5.00. The van der Waals surface area contributed by atoms with Crippen molar-refractivity contribution in [3.05, 3.63) is 50.4 Å². The lowest BCUT2D eigenvalue weighted by molar-refractivity contribution is -0.384. The molecular weight excluding hydrogens is 274 g/mol. The van der Waals surface area contributed by atoms with Crippen LogP contribution in [0.15, 0.2) is 29.4 Å². The van der Waals surface area contributed by atoms with Gasteiger partial charge in [-0.2, -0.15) is 0 Å². The van der Waals surface area contributed by atoms with Gasteiger partial charge in [0.05, 0.1) is 11.0 Å². The lowest BCUT2D eigenvalue weighted by atomic mass is 9.90. The fraction of sp³-hybridized carbons (Fsp3) is 0.462. The molecule has 0 aromatic heterocycles. The van der Waals surface area contributed by atoms with Crippen molar-refractivity contribution in [2.24, 2.45) is 5.11 Å². The quantitative estimate of drug-likeness (QED) is 0.301. The number of hydrogen-bond acceptors (Lipinski definition) is 4. The fourth-order valence-electron chi connectivity index (χ4n) is 2.47. The first-order valence-corrected chi connectivity index (χ1v) is 6.71. The van der Waals surface area contributed by atoms with Crippen LogP contribution in [-0.4, -0.2) is 22.9 Å². The van der Waals surface area contributed by atoms with Crippen LogP contribution in [0.4, 0.5) is 5.69 Å². The van der Waals surface area contributed by atoms with Crippen molar-refractivity contribution in [3.8, 4) is 0 Å². The Morgan fingerprint density at radius 1 is 1.33 bits per heavy atom. The van der Waals surface area contributed by atoms with Crippen molar-refractivity contribution in [3.63, 3.8) is 0 Å². The Balaban J connectivity index is 2.05. The van der Waals surface area contributed by atoms with E-state index in [1.165, 1.54) is 24.3 Å². The van der Waals surface area contributed by atoms with Crippen LogP contribution in [-0.2, 0) is 0 Å². The van der Waals surface area contributed by atoms with Crippen LogP contribution >= 0.6 is 0 Å². The van der Waals surface area contributed by atoms with Crippen molar-refractivity contribution in [2.75, 3.05) is 0 Å². The number of nitro benzene ring substituents is 1. The van der Waals surface area contributed by atoms with Gasteiger partial charge in [0.2, 0.25) is 0 Å². The van der Waals surface area contributed by atoms with Gasteiger partial charge in [-0.05, 0) is 30.5 Å². The summed E-state index contributed by atoms with van der Waals surface area (Å²) < 4.78 is 0. The molecule has 1 fully saturated rings. The average Bonchev–Trinajstić information content (AvgIpc) is 2.49. The maximum absolute atomic E-state index is 12.1. The van der Waals surface area contributed by atoms with Crippen molar-refractivity contribution >= 4 is 11.6 Å². The normalized spacial score (nSPS) is 21.1. The molecule has 110 valence electrons. The van der Waals surface area contributed by atoms with E-state index in [4.69, 9.17) is 5.53 Å². The summed E-state index contributed by atoms with van der Waals surface area (Å²) in [5, 5.41) is 17.1. The van der Waals surface area contributed by atoms with Gasteiger partial charge in [0.1, 0.15) is 0 Å². The minimum absolute atomic E-state index is 0.0591. The van der Waals surface area contributed by atoms with Gasteiger partial charge in [-0.25, -0.2) is 0 Å². The molecule has 0 spiro atoms. The minimum atomic E-state index is -0.513. The molecule has 1 aromatic carbocycles. The van der Waals surface area contributed by atoms with Gasteiger partial charge in [-0.3, -0.25) is 14.9 Å². The molecule has 1 N–H and O–H groups in total. The number of carbonyl (C=O) groups excluding carboxylic acids is 1. The summed E-state index contributed by atoms with van der Waals surface area (Å²) in [5.41, 5.74) is 8.85. The molecule has 8 heteroatoms. The molecular formula is C13H15N5O3. The number of benzene rings is 1. The highest BCUT2D eigenvalue weighted by Crippen LogP contribution is 2.22. The highest BCUT2D eigenvalue weighted by Gasteiger charge is 2.26. The van der Waals surface area contributed by atoms with Crippen LogP contribution in [0.5, 0.6) is 0 Å². The van der Waals surface area contributed by atoms with Crippen molar-refractivity contribution < 1.29 is 9.72 Å². The largest absolute Gasteiger partial charge is 0.349 e. The number of carbonyl (C=O) groups is 1. The Morgan fingerprint density at radius 2 is 2.00 bits per heavy atom. The third-order valence-corrected chi connectivity index (χ3v) is 3.59. The lowest BCUT2D eigenvalue weighted by Gasteiger charge is -2.28. The Hall–Kier alpha value is -2.60. The van der Waals surface area contributed by atoms with Crippen molar-refractivity contribution in [1.29, 1.82) is 0 Å². The van der Waals surface area contributed by atoms with Gasteiger partial charge in [0, 0.05) is 28.6 Å². The summed E-state index contributed by atoms with van der Waals surface area (Å²) >= 11 is 0. The second-order valence-electron chi connectivity index (χ2n) is 4.94. The standard InChI is InChI=1S/C13H15N5O3/c14-17-16-12-4-2-1-3-11(12)15-13(19)9-5-7-10(8-6-9)18(20)21/h5-8,11-12H,1-4H2,(H,15,19)/t11-,12-/m1/s1. The number of nitrogens with zero attached hydrogens (tertiary/aromatic N) is 4. The molecule has 1 aliphatic rings. The highest BCUT2D eigenvalue weighted by molar-refractivity contribution is 5.94. The van der Waals surface area contributed by atoms with Crippen LogP contribution in [0.1, 0.15) is 36.0 Å². The topological polar surface area (TPSA) is 121 Å².